The Labute approximate surface area is 181 Å². The normalized spacial score (nSPS) is 12.1. The number of fused-ring (bicyclic) bond motifs is 1. The Morgan fingerprint density at radius 2 is 1.74 bits per heavy atom. The van der Waals surface area contributed by atoms with Gasteiger partial charge in [-0.05, 0) is 44.5 Å². The SMILES string of the molecule is CC(C)(C)NS(=O)(=O)c1ccccc1CNC(=O)CCn1ncc(=O)c2ccccc21. The molecule has 0 aliphatic heterocycles. The number of nitrogens with zero attached hydrogens (tertiary/aromatic N) is 2. The topological polar surface area (TPSA) is 110 Å². The molecule has 164 valence electrons. The monoisotopic (exact) mass is 442 g/mol. The number of aromatic nitrogens is 2. The van der Waals surface area contributed by atoms with Gasteiger partial charge in [-0.1, -0.05) is 30.3 Å². The number of rotatable bonds is 7. The molecule has 1 aromatic heterocycles. The van der Waals surface area contributed by atoms with E-state index in [1.807, 2.05) is 6.07 Å². The number of benzene rings is 2. The van der Waals surface area contributed by atoms with Crippen LogP contribution in [0.3, 0.4) is 0 Å². The zero-order valence-corrected chi connectivity index (χ0v) is 18.6. The molecule has 3 aromatic rings. The first-order valence-corrected chi connectivity index (χ1v) is 11.4. The summed E-state index contributed by atoms with van der Waals surface area (Å²) in [4.78, 5) is 24.5. The van der Waals surface area contributed by atoms with Gasteiger partial charge in [0.05, 0.1) is 23.2 Å². The van der Waals surface area contributed by atoms with E-state index in [4.69, 9.17) is 0 Å². The number of carbonyl (C=O) groups is 1. The van der Waals surface area contributed by atoms with E-state index in [-0.39, 0.29) is 35.7 Å². The third kappa shape index (κ3) is 5.77. The first-order valence-electron chi connectivity index (χ1n) is 9.90. The zero-order valence-electron chi connectivity index (χ0n) is 17.8. The van der Waals surface area contributed by atoms with Crippen molar-refractivity contribution in [2.45, 2.75) is 50.7 Å². The summed E-state index contributed by atoms with van der Waals surface area (Å²) in [7, 11) is -3.73. The summed E-state index contributed by atoms with van der Waals surface area (Å²) in [6.07, 6.45) is 1.37. The van der Waals surface area contributed by atoms with Gasteiger partial charge in [0.25, 0.3) is 0 Å². The molecule has 2 aromatic carbocycles. The number of nitrogens with one attached hydrogen (secondary N) is 2. The van der Waals surface area contributed by atoms with E-state index in [9.17, 15) is 18.0 Å². The molecule has 1 heterocycles. The predicted molar refractivity (Wildman–Crippen MR) is 119 cm³/mol. The van der Waals surface area contributed by atoms with Crippen LogP contribution in [0.1, 0.15) is 32.8 Å². The maximum Gasteiger partial charge on any atom is 0.241 e. The lowest BCUT2D eigenvalue weighted by atomic mass is 10.1. The second kappa shape index (κ2) is 8.99. The lowest BCUT2D eigenvalue weighted by Crippen LogP contribution is -2.41. The molecule has 1 amide bonds. The Bertz CT molecular complexity index is 1260. The van der Waals surface area contributed by atoms with Gasteiger partial charge in [0.2, 0.25) is 21.4 Å². The molecule has 9 heteroatoms. The van der Waals surface area contributed by atoms with Gasteiger partial charge >= 0.3 is 0 Å². The van der Waals surface area contributed by atoms with Gasteiger partial charge in [0, 0.05) is 23.9 Å². The average molecular weight is 443 g/mol. The number of hydrogen-bond acceptors (Lipinski definition) is 5. The minimum Gasteiger partial charge on any atom is -0.352 e. The Morgan fingerprint density at radius 1 is 1.06 bits per heavy atom. The van der Waals surface area contributed by atoms with Crippen molar-refractivity contribution in [3.63, 3.8) is 0 Å². The van der Waals surface area contributed by atoms with Crippen LogP contribution < -0.4 is 15.5 Å². The predicted octanol–water partition coefficient (Wildman–Crippen LogP) is 2.18. The van der Waals surface area contributed by atoms with Crippen molar-refractivity contribution in [3.8, 4) is 0 Å². The molecule has 0 bridgehead atoms. The van der Waals surface area contributed by atoms with E-state index >= 15 is 0 Å². The second-order valence-corrected chi connectivity index (χ2v) is 9.89. The fraction of sp³-hybridized carbons (Fsp3) is 0.318. The quantitative estimate of drug-likeness (QED) is 0.583. The van der Waals surface area contributed by atoms with Gasteiger partial charge < -0.3 is 5.32 Å². The highest BCUT2D eigenvalue weighted by atomic mass is 32.2. The van der Waals surface area contributed by atoms with E-state index in [0.29, 0.717) is 16.5 Å². The Kier molecular flexibility index (Phi) is 6.56. The van der Waals surface area contributed by atoms with E-state index in [1.165, 1.54) is 12.3 Å². The number of amides is 1. The van der Waals surface area contributed by atoms with E-state index < -0.39 is 15.6 Å². The van der Waals surface area contributed by atoms with E-state index in [0.717, 1.165) is 0 Å². The summed E-state index contributed by atoms with van der Waals surface area (Å²) in [5, 5.41) is 7.43. The van der Waals surface area contributed by atoms with Crippen molar-refractivity contribution in [1.29, 1.82) is 0 Å². The molecule has 0 spiro atoms. The molecule has 8 nitrogen and oxygen atoms in total. The fourth-order valence-electron chi connectivity index (χ4n) is 3.20. The Morgan fingerprint density at radius 3 is 2.48 bits per heavy atom. The van der Waals surface area contributed by atoms with Crippen molar-refractivity contribution in [2.24, 2.45) is 0 Å². The minimum absolute atomic E-state index is 0.0817. The standard InChI is InChI=1S/C22H26N4O4S/c1-22(2,3)25-31(29,30)20-11-7-4-8-16(20)14-23-21(28)12-13-26-18-10-6-5-9-17(18)19(27)15-24-26/h4-11,15,25H,12-14H2,1-3H3,(H,23,28). The number of aryl methyl sites for hydroxylation is 1. The minimum atomic E-state index is -3.73. The van der Waals surface area contributed by atoms with Crippen LogP contribution in [-0.2, 0) is 27.9 Å². The van der Waals surface area contributed by atoms with Crippen LogP contribution in [0.5, 0.6) is 0 Å². The molecule has 0 saturated heterocycles. The summed E-state index contributed by atoms with van der Waals surface area (Å²) in [6.45, 7) is 5.67. The highest BCUT2D eigenvalue weighted by Gasteiger charge is 2.24. The van der Waals surface area contributed by atoms with E-state index in [2.05, 4.69) is 15.1 Å². The number of para-hydroxylation sites is 1. The van der Waals surface area contributed by atoms with Gasteiger partial charge in [-0.25, -0.2) is 13.1 Å². The van der Waals surface area contributed by atoms with Crippen molar-refractivity contribution in [3.05, 3.63) is 70.5 Å². The fourth-order valence-corrected chi connectivity index (χ4v) is 4.86. The van der Waals surface area contributed by atoms with Crippen molar-refractivity contribution < 1.29 is 13.2 Å². The van der Waals surface area contributed by atoms with Gasteiger partial charge in [-0.2, -0.15) is 5.10 Å². The number of hydrogen-bond donors (Lipinski definition) is 2. The molecule has 0 atom stereocenters. The summed E-state index contributed by atoms with van der Waals surface area (Å²) < 4.78 is 29.7. The largest absolute Gasteiger partial charge is 0.352 e. The van der Waals surface area contributed by atoms with Crippen molar-refractivity contribution >= 4 is 26.8 Å². The lowest BCUT2D eigenvalue weighted by Gasteiger charge is -2.21. The van der Waals surface area contributed by atoms with Crippen LogP contribution in [0, 0.1) is 0 Å². The second-order valence-electron chi connectivity index (χ2n) is 8.24. The maximum absolute atomic E-state index is 12.7. The van der Waals surface area contributed by atoms with Crippen LogP contribution >= 0.6 is 0 Å². The molecule has 31 heavy (non-hydrogen) atoms. The maximum atomic E-state index is 12.7. The smallest absolute Gasteiger partial charge is 0.241 e. The van der Waals surface area contributed by atoms with Gasteiger partial charge in [0.1, 0.15) is 0 Å². The van der Waals surface area contributed by atoms with Gasteiger partial charge in [-0.15, -0.1) is 0 Å². The molecule has 3 rings (SSSR count). The van der Waals surface area contributed by atoms with Crippen molar-refractivity contribution in [2.75, 3.05) is 0 Å². The molecule has 0 aliphatic carbocycles. The molecule has 0 saturated carbocycles. The van der Waals surface area contributed by atoms with Crippen LogP contribution in [0.25, 0.3) is 10.9 Å². The Balaban J connectivity index is 1.68. The summed E-state index contributed by atoms with van der Waals surface area (Å²) >= 11 is 0. The average Bonchev–Trinajstić information content (AvgIpc) is 2.70. The van der Waals surface area contributed by atoms with E-state index in [1.54, 1.807) is 61.9 Å². The summed E-state index contributed by atoms with van der Waals surface area (Å²) in [5.41, 5.74) is 0.368. The zero-order chi connectivity index (χ0) is 22.6. The molecule has 0 aliphatic rings. The third-order valence-electron chi connectivity index (χ3n) is 4.49. The highest BCUT2D eigenvalue weighted by Crippen LogP contribution is 2.18. The van der Waals surface area contributed by atoms with Crippen LogP contribution in [0.4, 0.5) is 0 Å². The highest BCUT2D eigenvalue weighted by molar-refractivity contribution is 7.89. The number of sulfonamides is 1. The van der Waals surface area contributed by atoms with Crippen LogP contribution in [-0.4, -0.2) is 29.6 Å². The lowest BCUT2D eigenvalue weighted by molar-refractivity contribution is -0.121. The van der Waals surface area contributed by atoms with Crippen molar-refractivity contribution in [1.82, 2.24) is 19.8 Å². The summed E-state index contributed by atoms with van der Waals surface area (Å²) in [5.74, 6) is -0.249. The Hall–Kier alpha value is -3.04. The molecule has 0 radical (unpaired) electrons. The molecule has 2 N–H and O–H groups in total. The summed E-state index contributed by atoms with van der Waals surface area (Å²) in [6, 6.07) is 13.7. The molecule has 0 fully saturated rings. The molecule has 0 unspecified atom stereocenters. The molecular formula is C22H26N4O4S. The molecular weight excluding hydrogens is 416 g/mol. The number of carbonyl (C=O) groups excluding carboxylic acids is 1. The van der Waals surface area contributed by atoms with Crippen LogP contribution in [0.2, 0.25) is 0 Å². The van der Waals surface area contributed by atoms with Crippen LogP contribution in [0.15, 0.2) is 64.4 Å². The van der Waals surface area contributed by atoms with Gasteiger partial charge in [0.15, 0.2) is 0 Å². The first kappa shape index (κ1) is 22.6. The first-order chi connectivity index (χ1) is 14.6. The third-order valence-corrected chi connectivity index (χ3v) is 6.35. The van der Waals surface area contributed by atoms with Gasteiger partial charge in [-0.3, -0.25) is 14.3 Å².